The van der Waals surface area contributed by atoms with Gasteiger partial charge in [-0.1, -0.05) is 18.2 Å². The Bertz CT molecular complexity index is 515. The van der Waals surface area contributed by atoms with E-state index >= 15 is 0 Å². The van der Waals surface area contributed by atoms with Gasteiger partial charge in [0.2, 0.25) is 5.88 Å². The summed E-state index contributed by atoms with van der Waals surface area (Å²) in [7, 11) is 3.43. The summed E-state index contributed by atoms with van der Waals surface area (Å²) in [6, 6.07) is 4.32. The first-order valence-corrected chi connectivity index (χ1v) is 7.51. The number of methoxy groups -OCH3 is 1. The van der Waals surface area contributed by atoms with E-state index in [-0.39, 0.29) is 24.0 Å². The normalized spacial score (nSPS) is 14.4. The largest absolute Gasteiger partial charge is 0.475 e. The van der Waals surface area contributed by atoms with Crippen molar-refractivity contribution in [3.05, 3.63) is 36.0 Å². The highest BCUT2D eigenvalue weighted by Crippen LogP contribution is 2.14. The molecule has 0 aliphatic heterocycles. The Labute approximate surface area is 154 Å². The third-order valence-electron chi connectivity index (χ3n) is 3.39. The number of rotatable bonds is 7. The molecule has 0 fully saturated rings. The molecule has 0 unspecified atom stereocenters. The second-order valence-corrected chi connectivity index (χ2v) is 5.02. The van der Waals surface area contributed by atoms with Gasteiger partial charge in [0.1, 0.15) is 6.61 Å². The Morgan fingerprint density at radius 2 is 2.13 bits per heavy atom. The van der Waals surface area contributed by atoms with Crippen LogP contribution in [0.15, 0.2) is 35.5 Å². The Hall–Kier alpha value is -1.35. The van der Waals surface area contributed by atoms with Crippen LogP contribution in [0, 0.1) is 0 Å². The van der Waals surface area contributed by atoms with Gasteiger partial charge in [0.05, 0.1) is 6.61 Å². The maximum absolute atomic E-state index is 5.63. The molecule has 1 aliphatic rings. The summed E-state index contributed by atoms with van der Waals surface area (Å²) in [6.07, 6.45) is 8.18. The average molecular weight is 432 g/mol. The van der Waals surface area contributed by atoms with E-state index in [1.165, 1.54) is 0 Å². The van der Waals surface area contributed by atoms with Gasteiger partial charge in [-0.25, -0.2) is 4.98 Å². The van der Waals surface area contributed by atoms with Crippen molar-refractivity contribution in [2.24, 2.45) is 4.99 Å². The molecule has 0 spiro atoms. The van der Waals surface area contributed by atoms with Crippen LogP contribution in [0.5, 0.6) is 5.88 Å². The molecule has 0 radical (unpaired) electrons. The summed E-state index contributed by atoms with van der Waals surface area (Å²) < 4.78 is 10.6. The summed E-state index contributed by atoms with van der Waals surface area (Å²) in [5, 5.41) is 6.71. The lowest BCUT2D eigenvalue weighted by Gasteiger charge is -2.17. The molecule has 1 aromatic heterocycles. The van der Waals surface area contributed by atoms with Crippen LogP contribution < -0.4 is 15.4 Å². The number of pyridine rings is 1. The summed E-state index contributed by atoms with van der Waals surface area (Å²) >= 11 is 0. The van der Waals surface area contributed by atoms with Crippen molar-refractivity contribution < 1.29 is 9.47 Å². The van der Waals surface area contributed by atoms with E-state index in [1.54, 1.807) is 20.4 Å². The summed E-state index contributed by atoms with van der Waals surface area (Å²) in [4.78, 5) is 8.53. The zero-order chi connectivity index (χ0) is 15.6. The maximum atomic E-state index is 5.63. The van der Waals surface area contributed by atoms with Gasteiger partial charge in [-0.3, -0.25) is 4.99 Å². The second-order valence-electron chi connectivity index (χ2n) is 5.02. The third-order valence-corrected chi connectivity index (χ3v) is 3.39. The van der Waals surface area contributed by atoms with E-state index in [1.807, 2.05) is 12.1 Å². The topological polar surface area (TPSA) is 67.8 Å². The lowest BCUT2D eigenvalue weighted by atomic mass is 10.2. The van der Waals surface area contributed by atoms with E-state index in [0.29, 0.717) is 31.7 Å². The molecule has 2 rings (SSSR count). The van der Waals surface area contributed by atoms with Crippen LogP contribution in [-0.2, 0) is 11.3 Å². The summed E-state index contributed by atoms with van der Waals surface area (Å²) in [5.41, 5.74) is 0.992. The number of aromatic nitrogens is 1. The van der Waals surface area contributed by atoms with Crippen LogP contribution in [-0.4, -0.2) is 44.4 Å². The molecular formula is C16H25IN4O2. The van der Waals surface area contributed by atoms with Gasteiger partial charge >= 0.3 is 0 Å². The summed E-state index contributed by atoms with van der Waals surface area (Å²) in [6.45, 7) is 1.64. The predicted molar refractivity (Wildman–Crippen MR) is 103 cm³/mol. The van der Waals surface area contributed by atoms with Gasteiger partial charge in [-0.05, 0) is 18.9 Å². The van der Waals surface area contributed by atoms with E-state index in [0.717, 1.165) is 24.4 Å². The van der Waals surface area contributed by atoms with Gasteiger partial charge in [0.15, 0.2) is 5.96 Å². The van der Waals surface area contributed by atoms with Gasteiger partial charge < -0.3 is 20.1 Å². The number of hydrogen-bond donors (Lipinski definition) is 2. The standard InChI is InChI=1S/C16H24N4O2.HI/c1-17-16(20-14-7-3-4-8-14)19-12-13-6-5-9-18-15(13)22-11-10-21-2;/h3-6,9,14H,7-8,10-12H2,1-2H3,(H2,17,19,20);1H. The van der Waals surface area contributed by atoms with Gasteiger partial charge in [0, 0.05) is 38.5 Å². The highest BCUT2D eigenvalue weighted by molar-refractivity contribution is 14.0. The molecule has 0 atom stereocenters. The van der Waals surface area contributed by atoms with Crippen LogP contribution in [0.4, 0.5) is 0 Å². The molecule has 23 heavy (non-hydrogen) atoms. The number of guanidine groups is 1. The first kappa shape index (κ1) is 19.7. The Kier molecular flexibility index (Phi) is 9.61. The first-order valence-electron chi connectivity index (χ1n) is 7.51. The SMILES string of the molecule is CN=C(NCc1cccnc1OCCOC)NC1CC=CC1.I. The highest BCUT2D eigenvalue weighted by Gasteiger charge is 2.12. The molecule has 6 nitrogen and oxygen atoms in total. The molecule has 0 bridgehead atoms. The zero-order valence-electron chi connectivity index (χ0n) is 13.6. The first-order chi connectivity index (χ1) is 10.8. The second kappa shape index (κ2) is 11.2. The van der Waals surface area contributed by atoms with Crippen molar-refractivity contribution in [2.75, 3.05) is 27.4 Å². The average Bonchev–Trinajstić information content (AvgIpc) is 3.06. The minimum Gasteiger partial charge on any atom is -0.475 e. The van der Waals surface area contributed by atoms with Gasteiger partial charge in [-0.2, -0.15) is 0 Å². The Morgan fingerprint density at radius 3 is 2.83 bits per heavy atom. The van der Waals surface area contributed by atoms with Gasteiger partial charge in [-0.15, -0.1) is 24.0 Å². The molecule has 128 valence electrons. The molecular weight excluding hydrogens is 407 g/mol. The summed E-state index contributed by atoms with van der Waals surface area (Å²) in [5.74, 6) is 1.42. The number of halogens is 1. The maximum Gasteiger partial charge on any atom is 0.218 e. The lowest BCUT2D eigenvalue weighted by Crippen LogP contribution is -2.42. The lowest BCUT2D eigenvalue weighted by molar-refractivity contribution is 0.143. The van der Waals surface area contributed by atoms with Crippen LogP contribution in [0.25, 0.3) is 0 Å². The molecule has 0 saturated heterocycles. The zero-order valence-corrected chi connectivity index (χ0v) is 15.9. The number of hydrogen-bond acceptors (Lipinski definition) is 4. The van der Waals surface area contributed by atoms with Crippen molar-refractivity contribution in [1.82, 2.24) is 15.6 Å². The fourth-order valence-electron chi connectivity index (χ4n) is 2.21. The number of nitrogens with one attached hydrogen (secondary N) is 2. The quantitative estimate of drug-likeness (QED) is 0.227. The number of aliphatic imine (C=N–C) groups is 1. The molecule has 1 aromatic rings. The van der Waals surface area contributed by atoms with Crippen molar-refractivity contribution in [2.45, 2.75) is 25.4 Å². The Morgan fingerprint density at radius 1 is 1.35 bits per heavy atom. The number of nitrogens with zero attached hydrogens (tertiary/aromatic N) is 2. The molecule has 7 heteroatoms. The minimum atomic E-state index is 0. The molecule has 1 aliphatic carbocycles. The molecule has 1 heterocycles. The Balaban J connectivity index is 0.00000264. The van der Waals surface area contributed by atoms with E-state index in [2.05, 4.69) is 32.8 Å². The molecule has 0 saturated carbocycles. The van der Waals surface area contributed by atoms with Crippen LogP contribution in [0.1, 0.15) is 18.4 Å². The van der Waals surface area contributed by atoms with E-state index in [4.69, 9.17) is 9.47 Å². The van der Waals surface area contributed by atoms with Crippen LogP contribution >= 0.6 is 24.0 Å². The van der Waals surface area contributed by atoms with Crippen LogP contribution in [0.3, 0.4) is 0 Å². The molecule has 0 aromatic carbocycles. The van der Waals surface area contributed by atoms with Crippen molar-refractivity contribution >= 4 is 29.9 Å². The van der Waals surface area contributed by atoms with Crippen LogP contribution in [0.2, 0.25) is 0 Å². The van der Waals surface area contributed by atoms with Gasteiger partial charge in [0.25, 0.3) is 0 Å². The van der Waals surface area contributed by atoms with Crippen molar-refractivity contribution in [3.8, 4) is 5.88 Å². The fourth-order valence-corrected chi connectivity index (χ4v) is 2.21. The third kappa shape index (κ3) is 6.74. The van der Waals surface area contributed by atoms with E-state index < -0.39 is 0 Å². The monoisotopic (exact) mass is 432 g/mol. The van der Waals surface area contributed by atoms with E-state index in [9.17, 15) is 0 Å². The predicted octanol–water partition coefficient (Wildman–Crippen LogP) is 2.11. The minimum absolute atomic E-state index is 0. The molecule has 0 amide bonds. The smallest absolute Gasteiger partial charge is 0.218 e. The highest BCUT2D eigenvalue weighted by atomic mass is 127. The fraction of sp³-hybridized carbons (Fsp3) is 0.500. The van der Waals surface area contributed by atoms with Crippen molar-refractivity contribution in [3.63, 3.8) is 0 Å². The molecule has 2 N–H and O–H groups in total. The number of ether oxygens (including phenoxy) is 2. The van der Waals surface area contributed by atoms with Crippen molar-refractivity contribution in [1.29, 1.82) is 0 Å².